The summed E-state index contributed by atoms with van der Waals surface area (Å²) in [5.74, 6) is -2.25. The van der Waals surface area contributed by atoms with Crippen molar-refractivity contribution in [3.8, 4) is 0 Å². The van der Waals surface area contributed by atoms with Crippen LogP contribution in [0.25, 0.3) is 0 Å². The Kier molecular flexibility index (Phi) is 7.58. The first-order valence-corrected chi connectivity index (χ1v) is 12.8. The van der Waals surface area contributed by atoms with Crippen LogP contribution < -0.4 is 9.80 Å². The molecule has 35 heavy (non-hydrogen) atoms. The van der Waals surface area contributed by atoms with Crippen LogP contribution in [0.2, 0.25) is 0 Å². The van der Waals surface area contributed by atoms with Gasteiger partial charge in [-0.15, -0.1) is 0 Å². The molecule has 1 fully saturated rings. The first kappa shape index (κ1) is 26.6. The molecule has 2 heterocycles. The van der Waals surface area contributed by atoms with Crippen molar-refractivity contribution >= 4 is 27.4 Å². The fraction of sp³-hybridized carbons (Fsp3) is 0.500. The summed E-state index contributed by atoms with van der Waals surface area (Å²) in [5, 5.41) is 0. The third-order valence-electron chi connectivity index (χ3n) is 5.66. The Morgan fingerprint density at radius 3 is 2.51 bits per heavy atom. The summed E-state index contributed by atoms with van der Waals surface area (Å²) in [4.78, 5) is 22.8. The maximum absolute atomic E-state index is 14.0. The lowest BCUT2D eigenvalue weighted by atomic mass is 9.99. The highest BCUT2D eigenvalue weighted by Gasteiger charge is 2.40. The molecule has 8 nitrogen and oxygen atoms in total. The summed E-state index contributed by atoms with van der Waals surface area (Å²) < 4.78 is 83.7. The second kappa shape index (κ2) is 9.96. The quantitative estimate of drug-likeness (QED) is 0.424. The first-order valence-electron chi connectivity index (χ1n) is 10.9. The molecule has 1 aliphatic rings. The molecule has 0 saturated carbocycles. The van der Waals surface area contributed by atoms with Crippen LogP contribution >= 0.6 is 0 Å². The topological polar surface area (TPSA) is 92.7 Å². The average molecular weight is 519 g/mol. The number of anilines is 2. The molecular weight excluding hydrogens is 492 g/mol. The predicted octanol–water partition coefficient (Wildman–Crippen LogP) is 3.57. The Balaban J connectivity index is 1.95. The highest BCUT2D eigenvalue weighted by molar-refractivity contribution is 7.90. The van der Waals surface area contributed by atoms with Gasteiger partial charge < -0.3 is 14.5 Å². The number of ether oxygens (including phenoxy) is 1. The van der Waals surface area contributed by atoms with Crippen LogP contribution in [0.1, 0.15) is 36.8 Å². The molecular formula is C22H26F4N4O4S. The summed E-state index contributed by atoms with van der Waals surface area (Å²) in [5.41, 5.74) is -1.66. The molecule has 1 aromatic heterocycles. The maximum Gasteiger partial charge on any atom is 0.434 e. The molecule has 0 bridgehead atoms. The Morgan fingerprint density at radius 2 is 1.94 bits per heavy atom. The van der Waals surface area contributed by atoms with Crippen LogP contribution in [0.5, 0.6) is 0 Å². The van der Waals surface area contributed by atoms with E-state index in [-0.39, 0.29) is 31.1 Å². The summed E-state index contributed by atoms with van der Waals surface area (Å²) in [6.45, 7) is 5.95. The maximum atomic E-state index is 14.0. The van der Waals surface area contributed by atoms with Crippen LogP contribution in [-0.4, -0.2) is 62.9 Å². The Bertz CT molecular complexity index is 1200. The SMILES string of the molecule is CCOC(=O)c1cnc(N2CCN(c3ccc(F)c(S(C)(=O)=O)c3)CC2C(C)C)nc1C(F)(F)F. The second-order valence-corrected chi connectivity index (χ2v) is 10.5. The minimum absolute atomic E-state index is 0.0599. The molecule has 0 amide bonds. The lowest BCUT2D eigenvalue weighted by Crippen LogP contribution is -2.56. The molecule has 1 aliphatic heterocycles. The van der Waals surface area contributed by atoms with Gasteiger partial charge in [0.25, 0.3) is 0 Å². The summed E-state index contributed by atoms with van der Waals surface area (Å²) in [6.07, 6.45) is -3.16. The van der Waals surface area contributed by atoms with E-state index in [1.54, 1.807) is 4.90 Å². The zero-order valence-corrected chi connectivity index (χ0v) is 20.5. The highest BCUT2D eigenvalue weighted by atomic mass is 32.2. The number of esters is 1. The third-order valence-corrected chi connectivity index (χ3v) is 6.78. The van der Waals surface area contributed by atoms with E-state index in [0.717, 1.165) is 18.5 Å². The smallest absolute Gasteiger partial charge is 0.434 e. The fourth-order valence-electron chi connectivity index (χ4n) is 3.92. The van der Waals surface area contributed by atoms with E-state index >= 15 is 0 Å². The zero-order valence-electron chi connectivity index (χ0n) is 19.6. The lowest BCUT2D eigenvalue weighted by molar-refractivity contribution is -0.141. The molecule has 1 saturated heterocycles. The van der Waals surface area contributed by atoms with E-state index in [9.17, 15) is 30.8 Å². The van der Waals surface area contributed by atoms with Gasteiger partial charge >= 0.3 is 12.1 Å². The van der Waals surface area contributed by atoms with Crippen molar-refractivity contribution in [3.63, 3.8) is 0 Å². The van der Waals surface area contributed by atoms with Gasteiger partial charge in [0.15, 0.2) is 15.5 Å². The highest BCUT2D eigenvalue weighted by Crippen LogP contribution is 2.33. The Morgan fingerprint density at radius 1 is 1.26 bits per heavy atom. The summed E-state index contributed by atoms with van der Waals surface area (Å²) in [7, 11) is -3.79. The minimum Gasteiger partial charge on any atom is -0.462 e. The van der Waals surface area contributed by atoms with Gasteiger partial charge in [0, 0.05) is 37.8 Å². The number of halogens is 4. The van der Waals surface area contributed by atoms with Crippen LogP contribution in [0, 0.1) is 11.7 Å². The molecule has 1 aromatic carbocycles. The van der Waals surface area contributed by atoms with E-state index in [1.165, 1.54) is 19.1 Å². The Hall–Kier alpha value is -2.96. The van der Waals surface area contributed by atoms with Gasteiger partial charge in [-0.1, -0.05) is 13.8 Å². The molecule has 0 aliphatic carbocycles. The lowest BCUT2D eigenvalue weighted by Gasteiger charge is -2.44. The van der Waals surface area contributed by atoms with Gasteiger partial charge in [-0.2, -0.15) is 13.2 Å². The molecule has 1 atom stereocenters. The van der Waals surface area contributed by atoms with E-state index < -0.39 is 44.0 Å². The molecule has 0 N–H and O–H groups in total. The number of piperazine rings is 1. The number of benzene rings is 1. The molecule has 3 rings (SSSR count). The van der Waals surface area contributed by atoms with E-state index in [1.807, 2.05) is 18.7 Å². The van der Waals surface area contributed by atoms with E-state index in [2.05, 4.69) is 9.97 Å². The predicted molar refractivity (Wildman–Crippen MR) is 121 cm³/mol. The van der Waals surface area contributed by atoms with Gasteiger partial charge in [-0.25, -0.2) is 27.6 Å². The van der Waals surface area contributed by atoms with Gasteiger partial charge in [0.1, 0.15) is 16.3 Å². The number of aromatic nitrogens is 2. The monoisotopic (exact) mass is 518 g/mol. The Labute approximate surface area is 200 Å². The number of rotatable bonds is 6. The summed E-state index contributed by atoms with van der Waals surface area (Å²) in [6, 6.07) is 3.44. The van der Waals surface area contributed by atoms with Gasteiger partial charge in [-0.3, -0.25) is 0 Å². The zero-order chi connectivity index (χ0) is 26.1. The van der Waals surface area contributed by atoms with Crippen LogP contribution in [0.3, 0.4) is 0 Å². The number of carbonyl (C=O) groups excluding carboxylic acids is 1. The van der Waals surface area contributed by atoms with Crippen molar-refractivity contribution in [2.24, 2.45) is 5.92 Å². The molecule has 192 valence electrons. The van der Waals surface area contributed by atoms with Crippen molar-refractivity contribution in [2.75, 3.05) is 42.3 Å². The van der Waals surface area contributed by atoms with Crippen molar-refractivity contribution in [2.45, 2.75) is 37.9 Å². The van der Waals surface area contributed by atoms with E-state index in [0.29, 0.717) is 18.8 Å². The summed E-state index contributed by atoms with van der Waals surface area (Å²) >= 11 is 0. The van der Waals surface area contributed by atoms with Gasteiger partial charge in [0.05, 0.1) is 12.6 Å². The molecule has 13 heteroatoms. The standard InChI is InChI=1S/C22H26F4N4O4S/c1-5-34-20(31)15-11-27-21(28-19(15)22(24,25)26)30-9-8-29(12-17(30)13(2)3)14-6-7-16(23)18(10-14)35(4,32)33/h6-7,10-11,13,17H,5,8-9,12H2,1-4H3. The van der Waals surface area contributed by atoms with Crippen molar-refractivity contribution < 1.29 is 35.5 Å². The third kappa shape index (κ3) is 5.82. The van der Waals surface area contributed by atoms with Crippen LogP contribution in [0.4, 0.5) is 29.2 Å². The number of carbonyl (C=O) groups is 1. The largest absolute Gasteiger partial charge is 0.462 e. The molecule has 0 spiro atoms. The van der Waals surface area contributed by atoms with Crippen LogP contribution in [-0.2, 0) is 20.8 Å². The average Bonchev–Trinajstić information content (AvgIpc) is 2.77. The number of hydrogen-bond donors (Lipinski definition) is 0. The number of hydrogen-bond acceptors (Lipinski definition) is 8. The van der Waals surface area contributed by atoms with E-state index in [4.69, 9.17) is 4.74 Å². The normalized spacial score (nSPS) is 17.1. The molecule has 2 aromatic rings. The number of sulfone groups is 1. The van der Waals surface area contributed by atoms with Gasteiger partial charge in [-0.05, 0) is 31.0 Å². The number of nitrogens with zero attached hydrogens (tertiary/aromatic N) is 4. The minimum atomic E-state index is -4.90. The van der Waals surface area contributed by atoms with Gasteiger partial charge in [0.2, 0.25) is 5.95 Å². The second-order valence-electron chi connectivity index (χ2n) is 8.49. The van der Waals surface area contributed by atoms with Crippen molar-refractivity contribution in [1.82, 2.24) is 9.97 Å². The van der Waals surface area contributed by atoms with Crippen molar-refractivity contribution in [3.05, 3.63) is 41.5 Å². The molecule has 1 unspecified atom stereocenters. The van der Waals surface area contributed by atoms with Crippen LogP contribution in [0.15, 0.2) is 29.3 Å². The number of alkyl halides is 3. The fourth-order valence-corrected chi connectivity index (χ4v) is 4.68. The molecule has 0 radical (unpaired) electrons. The van der Waals surface area contributed by atoms with Crippen molar-refractivity contribution in [1.29, 1.82) is 0 Å². The first-order chi connectivity index (χ1) is 16.2.